The second kappa shape index (κ2) is 5.72. The Morgan fingerprint density at radius 1 is 1.05 bits per heavy atom. The SMILES string of the molecule is Nc1cc(Br)ccc1C(=O)Nc1c(F)c(F)cc(F)c1F. The molecule has 0 aromatic heterocycles. The Morgan fingerprint density at radius 3 is 2.14 bits per heavy atom. The highest BCUT2D eigenvalue weighted by Gasteiger charge is 2.22. The summed E-state index contributed by atoms with van der Waals surface area (Å²) in [5.41, 5.74) is 4.31. The molecule has 0 saturated heterocycles. The first kappa shape index (κ1) is 15.3. The Balaban J connectivity index is 2.41. The largest absolute Gasteiger partial charge is 0.398 e. The molecule has 3 nitrogen and oxygen atoms in total. The number of amides is 1. The number of benzene rings is 2. The molecule has 0 atom stereocenters. The molecule has 2 aromatic rings. The van der Waals surface area contributed by atoms with E-state index in [1.165, 1.54) is 18.2 Å². The maximum absolute atomic E-state index is 13.4. The number of nitrogen functional groups attached to an aromatic ring is 1. The minimum atomic E-state index is -1.70. The van der Waals surface area contributed by atoms with Crippen molar-refractivity contribution in [2.45, 2.75) is 0 Å². The maximum atomic E-state index is 13.4. The van der Waals surface area contributed by atoms with Crippen molar-refractivity contribution >= 4 is 33.2 Å². The molecule has 21 heavy (non-hydrogen) atoms. The van der Waals surface area contributed by atoms with Gasteiger partial charge in [-0.15, -0.1) is 0 Å². The Morgan fingerprint density at radius 2 is 1.62 bits per heavy atom. The summed E-state index contributed by atoms with van der Waals surface area (Å²) in [5.74, 6) is -7.63. The number of hydrogen-bond acceptors (Lipinski definition) is 2. The predicted molar refractivity (Wildman–Crippen MR) is 72.8 cm³/mol. The van der Waals surface area contributed by atoms with E-state index in [1.807, 2.05) is 0 Å². The van der Waals surface area contributed by atoms with Gasteiger partial charge in [-0.1, -0.05) is 15.9 Å². The Kier molecular flexibility index (Phi) is 4.17. The summed E-state index contributed by atoms with van der Waals surface area (Å²) >= 11 is 3.12. The van der Waals surface area contributed by atoms with Crippen LogP contribution in [-0.4, -0.2) is 5.91 Å². The molecular formula is C13H7BrF4N2O. The van der Waals surface area contributed by atoms with Crippen molar-refractivity contribution in [1.29, 1.82) is 0 Å². The molecule has 0 bridgehead atoms. The van der Waals surface area contributed by atoms with E-state index < -0.39 is 34.9 Å². The van der Waals surface area contributed by atoms with E-state index in [9.17, 15) is 22.4 Å². The van der Waals surface area contributed by atoms with Gasteiger partial charge in [0.25, 0.3) is 5.91 Å². The number of carbonyl (C=O) groups is 1. The number of nitrogens with two attached hydrogens (primary N) is 1. The fraction of sp³-hybridized carbons (Fsp3) is 0. The van der Waals surface area contributed by atoms with E-state index in [0.717, 1.165) is 0 Å². The third kappa shape index (κ3) is 2.99. The van der Waals surface area contributed by atoms with Crippen molar-refractivity contribution in [3.05, 3.63) is 57.6 Å². The fourth-order valence-corrected chi connectivity index (χ4v) is 1.98. The molecule has 0 heterocycles. The molecule has 3 N–H and O–H groups in total. The molecule has 110 valence electrons. The lowest BCUT2D eigenvalue weighted by Crippen LogP contribution is -2.17. The van der Waals surface area contributed by atoms with Gasteiger partial charge < -0.3 is 11.1 Å². The van der Waals surface area contributed by atoms with Gasteiger partial charge in [0.05, 0.1) is 5.56 Å². The average Bonchev–Trinajstić information content (AvgIpc) is 2.41. The van der Waals surface area contributed by atoms with Crippen LogP contribution < -0.4 is 11.1 Å². The van der Waals surface area contributed by atoms with Gasteiger partial charge in [-0.3, -0.25) is 4.79 Å². The lowest BCUT2D eigenvalue weighted by molar-refractivity contribution is 0.102. The van der Waals surface area contributed by atoms with Gasteiger partial charge >= 0.3 is 0 Å². The summed E-state index contributed by atoms with van der Waals surface area (Å²) in [6.45, 7) is 0. The van der Waals surface area contributed by atoms with Crippen LogP contribution in [0.3, 0.4) is 0 Å². The second-order valence-electron chi connectivity index (χ2n) is 4.03. The standard InChI is InChI=1S/C13H7BrF4N2O/c14-5-1-2-6(9(19)3-5)13(21)20-12-10(17)7(15)4-8(16)11(12)18/h1-4H,19H2,(H,20,21). The highest BCUT2D eigenvalue weighted by molar-refractivity contribution is 9.10. The molecule has 2 aromatic carbocycles. The summed E-state index contributed by atoms with van der Waals surface area (Å²) in [6, 6.07) is 4.21. The zero-order chi connectivity index (χ0) is 15.7. The van der Waals surface area contributed by atoms with E-state index in [0.29, 0.717) is 4.47 Å². The number of hydrogen-bond donors (Lipinski definition) is 2. The van der Waals surface area contributed by atoms with Crippen LogP contribution in [-0.2, 0) is 0 Å². The van der Waals surface area contributed by atoms with Crippen LogP contribution in [0.15, 0.2) is 28.7 Å². The van der Waals surface area contributed by atoms with Gasteiger partial charge in [0.15, 0.2) is 23.3 Å². The number of halogens is 5. The molecule has 1 amide bonds. The summed E-state index contributed by atoms with van der Waals surface area (Å²) in [7, 11) is 0. The zero-order valence-corrected chi connectivity index (χ0v) is 11.8. The third-order valence-electron chi connectivity index (χ3n) is 2.61. The van der Waals surface area contributed by atoms with Crippen molar-refractivity contribution in [1.82, 2.24) is 0 Å². The second-order valence-corrected chi connectivity index (χ2v) is 4.94. The average molecular weight is 363 g/mol. The Labute approximate surface area is 124 Å². The molecule has 2 rings (SSSR count). The molecule has 0 radical (unpaired) electrons. The van der Waals surface area contributed by atoms with Gasteiger partial charge in [0.2, 0.25) is 0 Å². The van der Waals surface area contributed by atoms with Crippen molar-refractivity contribution < 1.29 is 22.4 Å². The summed E-state index contributed by atoms with van der Waals surface area (Å²) in [6.07, 6.45) is 0. The quantitative estimate of drug-likeness (QED) is 0.484. The number of rotatable bonds is 2. The van der Waals surface area contributed by atoms with E-state index >= 15 is 0 Å². The molecule has 0 aliphatic rings. The van der Waals surface area contributed by atoms with Crippen LogP contribution in [0.2, 0.25) is 0 Å². The molecular weight excluding hydrogens is 356 g/mol. The van der Waals surface area contributed by atoms with Gasteiger partial charge in [0, 0.05) is 16.2 Å². The van der Waals surface area contributed by atoms with E-state index in [1.54, 1.807) is 5.32 Å². The minimum Gasteiger partial charge on any atom is -0.398 e. The van der Waals surface area contributed by atoms with Crippen LogP contribution >= 0.6 is 15.9 Å². The van der Waals surface area contributed by atoms with Crippen LogP contribution in [0.5, 0.6) is 0 Å². The van der Waals surface area contributed by atoms with E-state index in [-0.39, 0.29) is 17.3 Å². The van der Waals surface area contributed by atoms with Gasteiger partial charge in [-0.25, -0.2) is 17.6 Å². The number of carbonyl (C=O) groups excluding carboxylic acids is 1. The molecule has 0 aliphatic carbocycles. The van der Waals surface area contributed by atoms with Crippen molar-refractivity contribution in [2.24, 2.45) is 0 Å². The molecule has 0 fully saturated rings. The van der Waals surface area contributed by atoms with Crippen LogP contribution in [0.25, 0.3) is 0 Å². The topological polar surface area (TPSA) is 55.1 Å². The smallest absolute Gasteiger partial charge is 0.257 e. The normalized spacial score (nSPS) is 10.5. The summed E-state index contributed by atoms with van der Waals surface area (Å²) < 4.78 is 53.6. The molecule has 0 saturated carbocycles. The summed E-state index contributed by atoms with van der Waals surface area (Å²) in [4.78, 5) is 11.9. The molecule has 0 spiro atoms. The molecule has 8 heteroatoms. The van der Waals surface area contributed by atoms with Gasteiger partial charge in [-0.05, 0) is 18.2 Å². The number of nitrogens with one attached hydrogen (secondary N) is 1. The van der Waals surface area contributed by atoms with Crippen molar-refractivity contribution in [3.8, 4) is 0 Å². The highest BCUT2D eigenvalue weighted by atomic mass is 79.9. The van der Waals surface area contributed by atoms with E-state index in [2.05, 4.69) is 15.9 Å². The minimum absolute atomic E-state index is 0.0274. The molecule has 0 aliphatic heterocycles. The first-order valence-corrected chi connectivity index (χ1v) is 6.30. The maximum Gasteiger partial charge on any atom is 0.257 e. The van der Waals surface area contributed by atoms with E-state index in [4.69, 9.17) is 5.73 Å². The fourth-order valence-electron chi connectivity index (χ4n) is 1.60. The predicted octanol–water partition coefficient (Wildman–Crippen LogP) is 3.84. The highest BCUT2D eigenvalue weighted by Crippen LogP contribution is 2.26. The van der Waals surface area contributed by atoms with Gasteiger partial charge in [-0.2, -0.15) is 0 Å². The van der Waals surface area contributed by atoms with Crippen LogP contribution in [0, 0.1) is 23.3 Å². The Hall–Kier alpha value is -2.09. The number of anilines is 2. The summed E-state index contributed by atoms with van der Waals surface area (Å²) in [5, 5.41) is 1.77. The lowest BCUT2D eigenvalue weighted by Gasteiger charge is -2.10. The molecule has 0 unspecified atom stereocenters. The van der Waals surface area contributed by atoms with Crippen LogP contribution in [0.1, 0.15) is 10.4 Å². The van der Waals surface area contributed by atoms with Crippen molar-refractivity contribution in [2.75, 3.05) is 11.1 Å². The Bertz CT molecular complexity index is 710. The van der Waals surface area contributed by atoms with Crippen LogP contribution in [0.4, 0.5) is 28.9 Å². The van der Waals surface area contributed by atoms with Crippen molar-refractivity contribution in [3.63, 3.8) is 0 Å². The van der Waals surface area contributed by atoms with Gasteiger partial charge in [0.1, 0.15) is 5.69 Å². The third-order valence-corrected chi connectivity index (χ3v) is 3.10. The lowest BCUT2D eigenvalue weighted by atomic mass is 10.1. The first-order chi connectivity index (χ1) is 9.81. The zero-order valence-electron chi connectivity index (χ0n) is 10.2. The monoisotopic (exact) mass is 362 g/mol. The first-order valence-electron chi connectivity index (χ1n) is 5.50.